The van der Waals surface area contributed by atoms with E-state index in [0.717, 1.165) is 29.4 Å². The van der Waals surface area contributed by atoms with Crippen LogP contribution in [0.5, 0.6) is 0 Å². The third-order valence-corrected chi connectivity index (χ3v) is 7.42. The summed E-state index contributed by atoms with van der Waals surface area (Å²) in [5.41, 5.74) is 1.20. The Hall–Kier alpha value is -2.98. The van der Waals surface area contributed by atoms with E-state index in [0.29, 0.717) is 17.9 Å². The van der Waals surface area contributed by atoms with Crippen molar-refractivity contribution in [2.45, 2.75) is 30.2 Å². The lowest BCUT2D eigenvalue weighted by Crippen LogP contribution is -2.56. The first-order chi connectivity index (χ1) is 14.8. The molecule has 2 aromatic rings. The summed E-state index contributed by atoms with van der Waals surface area (Å²) in [5.74, 6) is -0.202. The highest BCUT2D eigenvalue weighted by molar-refractivity contribution is 7.89. The van der Waals surface area contributed by atoms with E-state index < -0.39 is 15.9 Å². The van der Waals surface area contributed by atoms with Gasteiger partial charge >= 0.3 is 0 Å². The number of amides is 2. The number of pyridine rings is 1. The van der Waals surface area contributed by atoms with E-state index in [2.05, 4.69) is 10.3 Å². The lowest BCUT2D eigenvalue weighted by molar-refractivity contribution is -0.123. The molecule has 1 fully saturated rings. The van der Waals surface area contributed by atoms with Crippen LogP contribution in [0.2, 0.25) is 0 Å². The number of aromatic nitrogens is 1. The van der Waals surface area contributed by atoms with Crippen molar-refractivity contribution in [3.8, 4) is 0 Å². The molecule has 9 nitrogen and oxygen atoms in total. The molecule has 1 atom stereocenters. The smallest absolute Gasteiger partial charge is 0.250 e. The van der Waals surface area contributed by atoms with Crippen LogP contribution in [0.1, 0.15) is 19.3 Å². The number of carbonyl (C=O) groups excluding carboxylic acids is 2. The predicted molar refractivity (Wildman–Crippen MR) is 118 cm³/mol. The Balaban J connectivity index is 1.72. The SMILES string of the molecule is CN(C)S(=O)(=O)c1ccc2c(c1)N(CC(=O)Nc1ccccn1)C(=O)[C@@H]1CCCCN21. The molecule has 1 aromatic carbocycles. The molecule has 1 aromatic heterocycles. The number of carbonyl (C=O) groups is 2. The molecular weight excluding hydrogens is 418 g/mol. The van der Waals surface area contributed by atoms with E-state index in [-0.39, 0.29) is 23.4 Å². The van der Waals surface area contributed by atoms with Gasteiger partial charge in [0.1, 0.15) is 18.4 Å². The molecule has 3 heterocycles. The average Bonchev–Trinajstić information content (AvgIpc) is 2.76. The van der Waals surface area contributed by atoms with Crippen LogP contribution in [0.3, 0.4) is 0 Å². The van der Waals surface area contributed by atoms with E-state index in [1.165, 1.54) is 25.1 Å². The standard InChI is InChI=1S/C21H25N5O4S/c1-24(2)31(29,30)15-9-10-16-18(13-15)26(21(28)17-7-4-6-12-25(16)17)14-20(27)23-19-8-3-5-11-22-19/h3,5,8-11,13,17H,4,6-7,12,14H2,1-2H3,(H,22,23,27)/t17-/m0/s1. The molecule has 31 heavy (non-hydrogen) atoms. The number of nitrogens with one attached hydrogen (secondary N) is 1. The van der Waals surface area contributed by atoms with Crippen LogP contribution in [0.15, 0.2) is 47.5 Å². The van der Waals surface area contributed by atoms with Gasteiger partial charge in [0.25, 0.3) is 0 Å². The lowest BCUT2D eigenvalue weighted by Gasteiger charge is -2.45. The van der Waals surface area contributed by atoms with Gasteiger partial charge in [0.05, 0.1) is 16.3 Å². The third-order valence-electron chi connectivity index (χ3n) is 5.61. The minimum absolute atomic E-state index is 0.0784. The van der Waals surface area contributed by atoms with Crippen LogP contribution in [0.4, 0.5) is 17.2 Å². The summed E-state index contributed by atoms with van der Waals surface area (Å²) in [5, 5.41) is 2.69. The van der Waals surface area contributed by atoms with Crippen LogP contribution in [-0.4, -0.2) is 62.7 Å². The first-order valence-corrected chi connectivity index (χ1v) is 11.6. The summed E-state index contributed by atoms with van der Waals surface area (Å²) < 4.78 is 26.5. The Morgan fingerprint density at radius 2 is 2.00 bits per heavy atom. The molecule has 4 rings (SSSR count). The number of piperidine rings is 1. The first-order valence-electron chi connectivity index (χ1n) is 10.1. The van der Waals surface area contributed by atoms with E-state index in [9.17, 15) is 18.0 Å². The quantitative estimate of drug-likeness (QED) is 0.754. The van der Waals surface area contributed by atoms with Crippen molar-refractivity contribution < 1.29 is 18.0 Å². The number of hydrogen-bond acceptors (Lipinski definition) is 6. The largest absolute Gasteiger partial charge is 0.358 e. The molecule has 1 saturated heterocycles. The number of hydrogen-bond donors (Lipinski definition) is 1. The molecule has 1 N–H and O–H groups in total. The van der Waals surface area contributed by atoms with Gasteiger partial charge in [0.2, 0.25) is 21.8 Å². The molecular formula is C21H25N5O4S. The zero-order chi connectivity index (χ0) is 22.2. The second-order valence-electron chi connectivity index (χ2n) is 7.83. The van der Waals surface area contributed by atoms with Gasteiger partial charge in [0.15, 0.2) is 0 Å². The average molecular weight is 444 g/mol. The minimum Gasteiger partial charge on any atom is -0.358 e. The summed E-state index contributed by atoms with van der Waals surface area (Å²) in [6.07, 6.45) is 4.16. The molecule has 2 aliphatic rings. The van der Waals surface area contributed by atoms with Gasteiger partial charge in [-0.1, -0.05) is 6.07 Å². The maximum Gasteiger partial charge on any atom is 0.250 e. The Kier molecular flexibility index (Phi) is 5.67. The monoisotopic (exact) mass is 443 g/mol. The van der Waals surface area contributed by atoms with Crippen molar-refractivity contribution >= 4 is 39.0 Å². The number of nitrogens with zero attached hydrogens (tertiary/aromatic N) is 4. The maximum atomic E-state index is 13.3. The minimum atomic E-state index is -3.69. The van der Waals surface area contributed by atoms with Gasteiger partial charge in [-0.15, -0.1) is 0 Å². The lowest BCUT2D eigenvalue weighted by atomic mass is 9.96. The van der Waals surface area contributed by atoms with Crippen molar-refractivity contribution in [1.82, 2.24) is 9.29 Å². The van der Waals surface area contributed by atoms with E-state index >= 15 is 0 Å². The Labute approximate surface area is 181 Å². The summed E-state index contributed by atoms with van der Waals surface area (Å²) >= 11 is 0. The van der Waals surface area contributed by atoms with Crippen molar-refractivity contribution in [2.24, 2.45) is 0 Å². The summed E-state index contributed by atoms with van der Waals surface area (Å²) in [7, 11) is -0.777. The number of anilines is 3. The highest BCUT2D eigenvalue weighted by Crippen LogP contribution is 2.40. The van der Waals surface area contributed by atoms with E-state index in [1.807, 2.05) is 4.90 Å². The van der Waals surface area contributed by atoms with Crippen molar-refractivity contribution in [3.05, 3.63) is 42.6 Å². The van der Waals surface area contributed by atoms with Crippen LogP contribution < -0.4 is 15.1 Å². The summed E-state index contributed by atoms with van der Waals surface area (Å²) in [6.45, 7) is 0.495. The molecule has 10 heteroatoms. The second-order valence-corrected chi connectivity index (χ2v) is 9.98. The fourth-order valence-electron chi connectivity index (χ4n) is 4.03. The number of fused-ring (bicyclic) bond motifs is 3. The molecule has 0 spiro atoms. The molecule has 2 amide bonds. The fourth-order valence-corrected chi connectivity index (χ4v) is 4.96. The highest BCUT2D eigenvalue weighted by Gasteiger charge is 2.40. The van der Waals surface area contributed by atoms with Gasteiger partial charge in [-0.25, -0.2) is 17.7 Å². The number of benzene rings is 1. The van der Waals surface area contributed by atoms with Crippen molar-refractivity contribution in [2.75, 3.05) is 42.3 Å². The van der Waals surface area contributed by atoms with Gasteiger partial charge in [-0.05, 0) is 49.6 Å². The van der Waals surface area contributed by atoms with E-state index in [4.69, 9.17) is 0 Å². The fraction of sp³-hybridized carbons (Fsp3) is 0.381. The molecule has 0 bridgehead atoms. The van der Waals surface area contributed by atoms with Crippen LogP contribution >= 0.6 is 0 Å². The number of rotatable bonds is 5. The van der Waals surface area contributed by atoms with Crippen LogP contribution in [0.25, 0.3) is 0 Å². The zero-order valence-corrected chi connectivity index (χ0v) is 18.3. The second kappa shape index (κ2) is 8.27. The van der Waals surface area contributed by atoms with Crippen LogP contribution in [-0.2, 0) is 19.6 Å². The van der Waals surface area contributed by atoms with Gasteiger partial charge in [-0.3, -0.25) is 14.5 Å². The van der Waals surface area contributed by atoms with Crippen molar-refractivity contribution in [3.63, 3.8) is 0 Å². The Bertz CT molecular complexity index is 1100. The Morgan fingerprint density at radius 1 is 1.19 bits per heavy atom. The first kappa shape index (κ1) is 21.3. The molecule has 0 aliphatic carbocycles. The summed E-state index contributed by atoms with van der Waals surface area (Å²) in [6, 6.07) is 9.59. The Morgan fingerprint density at radius 3 is 2.71 bits per heavy atom. The molecule has 0 radical (unpaired) electrons. The molecule has 0 saturated carbocycles. The highest BCUT2D eigenvalue weighted by atomic mass is 32.2. The number of sulfonamides is 1. The van der Waals surface area contributed by atoms with E-state index in [1.54, 1.807) is 36.5 Å². The topological polar surface area (TPSA) is 103 Å². The van der Waals surface area contributed by atoms with Crippen molar-refractivity contribution in [1.29, 1.82) is 0 Å². The molecule has 2 aliphatic heterocycles. The van der Waals surface area contributed by atoms with Gasteiger partial charge in [0, 0.05) is 26.8 Å². The molecule has 0 unspecified atom stereocenters. The van der Waals surface area contributed by atoms with Crippen LogP contribution in [0, 0.1) is 0 Å². The summed E-state index contributed by atoms with van der Waals surface area (Å²) in [4.78, 5) is 33.6. The predicted octanol–water partition coefficient (Wildman–Crippen LogP) is 1.68. The zero-order valence-electron chi connectivity index (χ0n) is 17.5. The van der Waals surface area contributed by atoms with Gasteiger partial charge < -0.3 is 10.2 Å². The third kappa shape index (κ3) is 4.00. The van der Waals surface area contributed by atoms with Gasteiger partial charge in [-0.2, -0.15) is 0 Å². The normalized spacial score (nSPS) is 18.5. The maximum absolute atomic E-state index is 13.3. The molecule has 164 valence electrons.